The highest BCUT2D eigenvalue weighted by atomic mass is 16.5. The Hall–Kier alpha value is -1.81. The molecule has 0 fully saturated rings. The van der Waals surface area contributed by atoms with E-state index < -0.39 is 0 Å². The van der Waals surface area contributed by atoms with E-state index in [1.807, 2.05) is 30.8 Å². The summed E-state index contributed by atoms with van der Waals surface area (Å²) in [5, 5.41) is 8.08. The van der Waals surface area contributed by atoms with Crippen LogP contribution in [0.1, 0.15) is 43.1 Å². The Labute approximate surface area is 127 Å². The van der Waals surface area contributed by atoms with Crippen LogP contribution in [0, 0.1) is 6.92 Å². The summed E-state index contributed by atoms with van der Waals surface area (Å²) < 4.78 is 7.39. The first-order chi connectivity index (χ1) is 10.2. The van der Waals surface area contributed by atoms with Gasteiger partial charge in [0, 0.05) is 18.8 Å². The number of hydrogen-bond donors (Lipinski definition) is 1. The topological polar surface area (TPSA) is 39.1 Å². The van der Waals surface area contributed by atoms with Crippen molar-refractivity contribution in [2.45, 2.75) is 33.2 Å². The number of nitrogens with one attached hydrogen (secondary N) is 1. The summed E-state index contributed by atoms with van der Waals surface area (Å²) in [6.07, 6.45) is 3.20. The molecule has 2 aromatic rings. The second-order valence-electron chi connectivity index (χ2n) is 5.23. The molecule has 1 N–H and O–H groups in total. The number of nitrogens with zero attached hydrogens (tertiary/aromatic N) is 2. The molecule has 4 heteroatoms. The molecule has 0 aliphatic carbocycles. The van der Waals surface area contributed by atoms with Gasteiger partial charge in [-0.05, 0) is 44.5 Å². The smallest absolute Gasteiger partial charge is 0.119 e. The first kappa shape index (κ1) is 15.6. The van der Waals surface area contributed by atoms with Gasteiger partial charge >= 0.3 is 0 Å². The number of aryl methyl sites for hydroxylation is 2. The molecule has 4 nitrogen and oxygen atoms in total. The molecular formula is C17H25N3O. The fourth-order valence-electron chi connectivity index (χ4n) is 2.52. The van der Waals surface area contributed by atoms with Crippen molar-refractivity contribution in [3.05, 3.63) is 47.3 Å². The number of aromatic nitrogens is 2. The van der Waals surface area contributed by atoms with Crippen molar-refractivity contribution >= 4 is 0 Å². The average molecular weight is 287 g/mol. The van der Waals surface area contributed by atoms with Crippen LogP contribution in [0.25, 0.3) is 0 Å². The van der Waals surface area contributed by atoms with E-state index in [0.717, 1.165) is 24.4 Å². The van der Waals surface area contributed by atoms with E-state index in [9.17, 15) is 0 Å². The van der Waals surface area contributed by atoms with Gasteiger partial charge in [-0.25, -0.2) is 0 Å². The number of hydrogen-bond acceptors (Lipinski definition) is 3. The summed E-state index contributed by atoms with van der Waals surface area (Å²) in [6, 6.07) is 8.50. The second-order valence-corrected chi connectivity index (χ2v) is 5.23. The normalized spacial score (nSPS) is 12.4. The minimum atomic E-state index is 0.175. The van der Waals surface area contributed by atoms with Gasteiger partial charge in [-0.3, -0.25) is 4.68 Å². The predicted octanol–water partition coefficient (Wildman–Crippen LogP) is 3.22. The summed E-state index contributed by atoms with van der Waals surface area (Å²) in [7, 11) is 1.96. The second kappa shape index (κ2) is 7.27. The molecule has 0 aliphatic heterocycles. The van der Waals surface area contributed by atoms with Crippen molar-refractivity contribution in [2.75, 3.05) is 13.2 Å². The lowest BCUT2D eigenvalue weighted by atomic mass is 9.99. The highest BCUT2D eigenvalue weighted by molar-refractivity contribution is 5.36. The molecule has 1 atom stereocenters. The lowest BCUT2D eigenvalue weighted by Gasteiger charge is -2.19. The third kappa shape index (κ3) is 3.85. The first-order valence-corrected chi connectivity index (χ1v) is 7.62. The maximum atomic E-state index is 5.52. The van der Waals surface area contributed by atoms with Crippen LogP contribution in [0.2, 0.25) is 0 Å². The van der Waals surface area contributed by atoms with Crippen molar-refractivity contribution in [2.24, 2.45) is 7.05 Å². The SMILES string of the molecule is CCCNC(c1ccc(OCC)cc1)c1cn(C)nc1C. The van der Waals surface area contributed by atoms with Gasteiger partial charge < -0.3 is 10.1 Å². The molecular weight excluding hydrogens is 262 g/mol. The van der Waals surface area contributed by atoms with E-state index in [0.29, 0.717) is 6.61 Å². The Morgan fingerprint density at radius 3 is 2.48 bits per heavy atom. The van der Waals surface area contributed by atoms with Crippen LogP contribution in [-0.2, 0) is 7.05 Å². The molecule has 0 bridgehead atoms. The van der Waals surface area contributed by atoms with Gasteiger partial charge in [-0.2, -0.15) is 5.10 Å². The number of ether oxygens (including phenoxy) is 1. The molecule has 1 heterocycles. The highest BCUT2D eigenvalue weighted by Crippen LogP contribution is 2.26. The zero-order valence-electron chi connectivity index (χ0n) is 13.4. The average Bonchev–Trinajstić information content (AvgIpc) is 2.80. The fraction of sp³-hybridized carbons (Fsp3) is 0.471. The Morgan fingerprint density at radius 2 is 1.95 bits per heavy atom. The van der Waals surface area contributed by atoms with Crippen LogP contribution >= 0.6 is 0 Å². The molecule has 0 aliphatic rings. The quantitative estimate of drug-likeness (QED) is 0.850. The van der Waals surface area contributed by atoms with E-state index in [1.54, 1.807) is 0 Å². The van der Waals surface area contributed by atoms with Crippen LogP contribution in [-0.4, -0.2) is 22.9 Å². The molecule has 0 radical (unpaired) electrons. The lowest BCUT2D eigenvalue weighted by molar-refractivity contribution is 0.340. The van der Waals surface area contributed by atoms with Crippen molar-refractivity contribution in [1.29, 1.82) is 0 Å². The summed E-state index contributed by atoms with van der Waals surface area (Å²) in [5.74, 6) is 0.915. The van der Waals surface area contributed by atoms with Crippen molar-refractivity contribution in [3.63, 3.8) is 0 Å². The summed E-state index contributed by atoms with van der Waals surface area (Å²) in [4.78, 5) is 0. The van der Waals surface area contributed by atoms with Gasteiger partial charge in [0.05, 0.1) is 18.3 Å². The Bertz CT molecular complexity index is 560. The first-order valence-electron chi connectivity index (χ1n) is 7.62. The van der Waals surface area contributed by atoms with Gasteiger partial charge in [0.15, 0.2) is 0 Å². The Balaban J connectivity index is 2.28. The summed E-state index contributed by atoms with van der Waals surface area (Å²) in [5.41, 5.74) is 3.54. The minimum absolute atomic E-state index is 0.175. The third-order valence-corrected chi connectivity index (χ3v) is 3.49. The maximum Gasteiger partial charge on any atom is 0.119 e. The molecule has 1 unspecified atom stereocenters. The third-order valence-electron chi connectivity index (χ3n) is 3.49. The molecule has 0 spiro atoms. The fourth-order valence-corrected chi connectivity index (χ4v) is 2.52. The van der Waals surface area contributed by atoms with Gasteiger partial charge in [-0.15, -0.1) is 0 Å². The van der Waals surface area contributed by atoms with E-state index in [2.05, 4.69) is 42.6 Å². The zero-order chi connectivity index (χ0) is 15.2. The lowest BCUT2D eigenvalue weighted by Crippen LogP contribution is -2.23. The van der Waals surface area contributed by atoms with Crippen LogP contribution < -0.4 is 10.1 Å². The molecule has 0 amide bonds. The monoisotopic (exact) mass is 287 g/mol. The molecule has 0 saturated carbocycles. The largest absolute Gasteiger partial charge is 0.494 e. The van der Waals surface area contributed by atoms with Crippen LogP contribution in [0.3, 0.4) is 0 Å². The van der Waals surface area contributed by atoms with E-state index >= 15 is 0 Å². The van der Waals surface area contributed by atoms with Gasteiger partial charge in [0.25, 0.3) is 0 Å². The molecule has 2 rings (SSSR count). The van der Waals surface area contributed by atoms with Crippen molar-refractivity contribution < 1.29 is 4.74 Å². The minimum Gasteiger partial charge on any atom is -0.494 e. The van der Waals surface area contributed by atoms with Crippen LogP contribution in [0.15, 0.2) is 30.5 Å². The molecule has 0 saturated heterocycles. The molecule has 114 valence electrons. The summed E-state index contributed by atoms with van der Waals surface area (Å²) in [6.45, 7) is 7.91. The Morgan fingerprint density at radius 1 is 1.24 bits per heavy atom. The number of rotatable bonds is 7. The molecule has 21 heavy (non-hydrogen) atoms. The van der Waals surface area contributed by atoms with Gasteiger partial charge in [-0.1, -0.05) is 19.1 Å². The number of benzene rings is 1. The van der Waals surface area contributed by atoms with E-state index in [1.165, 1.54) is 11.1 Å². The van der Waals surface area contributed by atoms with Gasteiger partial charge in [0.2, 0.25) is 0 Å². The predicted molar refractivity (Wildman–Crippen MR) is 85.7 cm³/mol. The molecule has 1 aromatic carbocycles. The van der Waals surface area contributed by atoms with Crippen LogP contribution in [0.4, 0.5) is 0 Å². The Kier molecular flexibility index (Phi) is 5.39. The maximum absolute atomic E-state index is 5.52. The van der Waals surface area contributed by atoms with Crippen molar-refractivity contribution in [1.82, 2.24) is 15.1 Å². The summed E-state index contributed by atoms with van der Waals surface area (Å²) >= 11 is 0. The van der Waals surface area contributed by atoms with Crippen molar-refractivity contribution in [3.8, 4) is 5.75 Å². The molecule has 1 aromatic heterocycles. The highest BCUT2D eigenvalue weighted by Gasteiger charge is 2.18. The van der Waals surface area contributed by atoms with Crippen LogP contribution in [0.5, 0.6) is 5.75 Å². The van der Waals surface area contributed by atoms with E-state index in [-0.39, 0.29) is 6.04 Å². The standard InChI is InChI=1S/C17H25N3O/c1-5-11-18-17(16-12-20(4)19-13(16)3)14-7-9-15(10-8-14)21-6-2/h7-10,12,17-18H,5-6,11H2,1-4H3. The van der Waals surface area contributed by atoms with Gasteiger partial charge in [0.1, 0.15) is 5.75 Å². The zero-order valence-corrected chi connectivity index (χ0v) is 13.4. The van der Waals surface area contributed by atoms with E-state index in [4.69, 9.17) is 4.74 Å².